The predicted molar refractivity (Wildman–Crippen MR) is 82.1 cm³/mol. The molecule has 0 aliphatic heterocycles. The van der Waals surface area contributed by atoms with Crippen LogP contribution in [0, 0.1) is 0 Å². The fraction of sp³-hybridized carbons (Fsp3) is 0.357. The number of benzene rings is 1. The van der Waals surface area contributed by atoms with Crippen LogP contribution in [0.1, 0.15) is 19.7 Å². The smallest absolute Gasteiger partial charge is 0.316 e. The summed E-state index contributed by atoms with van der Waals surface area (Å²) in [5, 5.41) is 4.56. The molecule has 0 aliphatic carbocycles. The molecule has 5 nitrogen and oxygen atoms in total. The van der Waals surface area contributed by atoms with Crippen molar-refractivity contribution in [2.45, 2.75) is 25.7 Å². The van der Waals surface area contributed by atoms with Gasteiger partial charge in [0.25, 0.3) is 0 Å². The summed E-state index contributed by atoms with van der Waals surface area (Å²) < 4.78 is 10.2. The summed E-state index contributed by atoms with van der Waals surface area (Å²) in [6.07, 6.45) is -0.0991. The fourth-order valence-electron chi connectivity index (χ4n) is 1.55. The maximum atomic E-state index is 11.4. The van der Waals surface area contributed by atoms with Crippen molar-refractivity contribution in [3.63, 3.8) is 0 Å². The maximum Gasteiger partial charge on any atom is 0.316 e. The van der Waals surface area contributed by atoms with Crippen molar-refractivity contribution in [2.75, 3.05) is 5.75 Å². The van der Waals surface area contributed by atoms with Crippen LogP contribution in [0.2, 0.25) is 5.02 Å². The second-order valence-corrected chi connectivity index (χ2v) is 5.97. The Hall–Kier alpha value is -1.53. The van der Waals surface area contributed by atoms with E-state index in [1.54, 1.807) is 12.1 Å². The molecule has 0 N–H and O–H groups in total. The lowest BCUT2D eigenvalue weighted by Crippen LogP contribution is -2.13. The first-order valence-electron chi connectivity index (χ1n) is 6.40. The van der Waals surface area contributed by atoms with E-state index in [-0.39, 0.29) is 17.8 Å². The number of carbonyl (C=O) groups is 1. The summed E-state index contributed by atoms with van der Waals surface area (Å²) in [5.41, 5.74) is 0.832. The summed E-state index contributed by atoms with van der Waals surface area (Å²) in [6, 6.07) is 7.18. The molecule has 0 fully saturated rings. The summed E-state index contributed by atoms with van der Waals surface area (Å²) in [6.45, 7) is 3.64. The molecule has 2 rings (SSSR count). The molecule has 21 heavy (non-hydrogen) atoms. The first-order valence-corrected chi connectivity index (χ1v) is 7.93. The summed E-state index contributed by atoms with van der Waals surface area (Å²) in [7, 11) is 0. The summed E-state index contributed by atoms with van der Waals surface area (Å²) in [5.74, 6) is 1.46. The Bertz CT molecular complexity index is 599. The van der Waals surface area contributed by atoms with Crippen LogP contribution in [0.15, 0.2) is 28.8 Å². The number of ether oxygens (including phenoxy) is 1. The Balaban J connectivity index is 1.86. The van der Waals surface area contributed by atoms with Gasteiger partial charge in [-0.2, -0.15) is 4.98 Å². The molecule has 7 heteroatoms. The quantitative estimate of drug-likeness (QED) is 0.756. The van der Waals surface area contributed by atoms with Crippen molar-refractivity contribution in [1.29, 1.82) is 0 Å². The van der Waals surface area contributed by atoms with Crippen molar-refractivity contribution in [2.24, 2.45) is 0 Å². The van der Waals surface area contributed by atoms with E-state index in [9.17, 15) is 4.79 Å². The molecule has 0 aliphatic rings. The number of rotatable bonds is 6. The largest absolute Gasteiger partial charge is 0.462 e. The standard InChI is InChI=1S/C14H15ClN2O3S/c1-9(2)19-13(18)8-21-7-12-16-14(17-20-12)10-3-5-11(15)6-4-10/h3-6,9H,7-8H2,1-2H3. The molecule has 1 aromatic heterocycles. The van der Waals surface area contributed by atoms with Crippen molar-refractivity contribution < 1.29 is 14.1 Å². The van der Waals surface area contributed by atoms with E-state index in [1.807, 2.05) is 26.0 Å². The van der Waals surface area contributed by atoms with E-state index >= 15 is 0 Å². The molecular weight excluding hydrogens is 312 g/mol. The van der Waals surface area contributed by atoms with Gasteiger partial charge in [-0.3, -0.25) is 4.79 Å². The summed E-state index contributed by atoms with van der Waals surface area (Å²) in [4.78, 5) is 15.7. The van der Waals surface area contributed by atoms with Crippen LogP contribution >= 0.6 is 23.4 Å². The zero-order chi connectivity index (χ0) is 15.2. The number of esters is 1. The van der Waals surface area contributed by atoms with Gasteiger partial charge in [-0.15, -0.1) is 11.8 Å². The van der Waals surface area contributed by atoms with E-state index in [4.69, 9.17) is 20.9 Å². The Morgan fingerprint density at radius 3 is 2.76 bits per heavy atom. The van der Waals surface area contributed by atoms with Crippen LogP contribution in [0.3, 0.4) is 0 Å². The number of halogens is 1. The number of nitrogens with zero attached hydrogens (tertiary/aromatic N) is 2. The van der Waals surface area contributed by atoms with Crippen molar-refractivity contribution in [3.8, 4) is 11.4 Å². The van der Waals surface area contributed by atoms with E-state index in [1.165, 1.54) is 11.8 Å². The Labute approximate surface area is 132 Å². The number of hydrogen-bond donors (Lipinski definition) is 0. The Kier molecular flexibility index (Phi) is 5.64. The molecule has 0 unspecified atom stereocenters. The average Bonchev–Trinajstić information content (AvgIpc) is 2.87. The van der Waals surface area contributed by atoms with E-state index in [0.717, 1.165) is 5.56 Å². The van der Waals surface area contributed by atoms with Crippen molar-refractivity contribution in [3.05, 3.63) is 35.2 Å². The zero-order valence-corrected chi connectivity index (χ0v) is 13.3. The molecular formula is C14H15ClN2O3S. The lowest BCUT2D eigenvalue weighted by Gasteiger charge is -2.06. The zero-order valence-electron chi connectivity index (χ0n) is 11.7. The van der Waals surface area contributed by atoms with Gasteiger partial charge < -0.3 is 9.26 Å². The van der Waals surface area contributed by atoms with Crippen LogP contribution < -0.4 is 0 Å². The van der Waals surface area contributed by atoms with Gasteiger partial charge in [0.2, 0.25) is 11.7 Å². The first-order chi connectivity index (χ1) is 10.0. The third kappa shape index (κ3) is 5.06. The highest BCUT2D eigenvalue weighted by Crippen LogP contribution is 2.20. The highest BCUT2D eigenvalue weighted by atomic mass is 35.5. The van der Waals surface area contributed by atoms with Gasteiger partial charge in [0, 0.05) is 10.6 Å². The SMILES string of the molecule is CC(C)OC(=O)CSCc1nc(-c2ccc(Cl)cc2)no1. The molecule has 2 aromatic rings. The predicted octanol–water partition coefficient (Wildman–Crippen LogP) is 3.57. The maximum absolute atomic E-state index is 11.4. The highest BCUT2D eigenvalue weighted by Gasteiger charge is 2.11. The minimum atomic E-state index is -0.243. The van der Waals surface area contributed by atoms with E-state index in [2.05, 4.69) is 10.1 Å². The van der Waals surface area contributed by atoms with Gasteiger partial charge in [0.15, 0.2) is 0 Å². The highest BCUT2D eigenvalue weighted by molar-refractivity contribution is 7.99. The second kappa shape index (κ2) is 7.47. The average molecular weight is 327 g/mol. The van der Waals surface area contributed by atoms with Crippen LogP contribution in [0.5, 0.6) is 0 Å². The molecule has 1 aromatic carbocycles. The molecule has 0 atom stereocenters. The molecule has 0 radical (unpaired) electrons. The van der Waals surface area contributed by atoms with Gasteiger partial charge in [-0.1, -0.05) is 16.8 Å². The number of hydrogen-bond acceptors (Lipinski definition) is 6. The van der Waals surface area contributed by atoms with E-state index in [0.29, 0.717) is 22.5 Å². The molecule has 0 saturated carbocycles. The molecule has 0 amide bonds. The normalized spacial score (nSPS) is 10.9. The topological polar surface area (TPSA) is 65.2 Å². The van der Waals surface area contributed by atoms with Crippen LogP contribution in [-0.2, 0) is 15.3 Å². The second-order valence-electron chi connectivity index (χ2n) is 4.55. The van der Waals surface area contributed by atoms with Gasteiger partial charge in [-0.05, 0) is 38.1 Å². The van der Waals surface area contributed by atoms with Crippen LogP contribution in [0.25, 0.3) is 11.4 Å². The van der Waals surface area contributed by atoms with E-state index < -0.39 is 0 Å². The lowest BCUT2D eigenvalue weighted by atomic mass is 10.2. The van der Waals surface area contributed by atoms with Crippen molar-refractivity contribution >= 4 is 29.3 Å². The molecule has 0 saturated heterocycles. The molecule has 112 valence electrons. The minimum absolute atomic E-state index is 0.0991. The number of thioether (sulfide) groups is 1. The molecule has 1 heterocycles. The number of aromatic nitrogens is 2. The fourth-order valence-corrected chi connectivity index (χ4v) is 2.30. The van der Waals surface area contributed by atoms with Gasteiger partial charge in [0.1, 0.15) is 0 Å². The minimum Gasteiger partial charge on any atom is -0.462 e. The lowest BCUT2D eigenvalue weighted by molar-refractivity contribution is -0.144. The van der Waals surface area contributed by atoms with Gasteiger partial charge in [-0.25, -0.2) is 0 Å². The molecule has 0 spiro atoms. The van der Waals surface area contributed by atoms with Gasteiger partial charge in [0.05, 0.1) is 17.6 Å². The summed E-state index contributed by atoms with van der Waals surface area (Å²) >= 11 is 7.20. The monoisotopic (exact) mass is 326 g/mol. The van der Waals surface area contributed by atoms with Gasteiger partial charge >= 0.3 is 5.97 Å². The number of carbonyl (C=O) groups excluding carboxylic acids is 1. The first kappa shape index (κ1) is 15.9. The van der Waals surface area contributed by atoms with Crippen LogP contribution in [0.4, 0.5) is 0 Å². The Morgan fingerprint density at radius 1 is 1.38 bits per heavy atom. The van der Waals surface area contributed by atoms with Crippen LogP contribution in [-0.4, -0.2) is 28.0 Å². The third-order valence-corrected chi connectivity index (χ3v) is 3.53. The van der Waals surface area contributed by atoms with Crippen molar-refractivity contribution in [1.82, 2.24) is 10.1 Å². The Morgan fingerprint density at radius 2 is 2.10 bits per heavy atom. The third-order valence-electron chi connectivity index (χ3n) is 2.38. The molecule has 0 bridgehead atoms.